The third-order valence-corrected chi connectivity index (χ3v) is 10.1. The van der Waals surface area contributed by atoms with Gasteiger partial charge in [-0.05, 0) is 44.4 Å². The first kappa shape index (κ1) is 15.0. The van der Waals surface area contributed by atoms with Gasteiger partial charge in [0.2, 0.25) is 0 Å². The minimum atomic E-state index is -1.70. The van der Waals surface area contributed by atoms with Crippen molar-refractivity contribution in [3.8, 4) is 6.07 Å². The summed E-state index contributed by atoms with van der Waals surface area (Å²) in [7, 11) is 0.505. The summed E-state index contributed by atoms with van der Waals surface area (Å²) in [6.45, 7) is 11.5. The normalized spacial score (nSPS) is 36.3. The molecule has 2 heterocycles. The zero-order chi connectivity index (χ0) is 14.4. The van der Waals surface area contributed by atoms with Gasteiger partial charge in [0.15, 0.2) is 8.32 Å². The van der Waals surface area contributed by atoms with E-state index in [4.69, 9.17) is 4.43 Å². The van der Waals surface area contributed by atoms with Crippen molar-refractivity contribution in [2.24, 2.45) is 5.92 Å². The topological polar surface area (TPSA) is 36.3 Å². The van der Waals surface area contributed by atoms with Gasteiger partial charge in [-0.2, -0.15) is 5.26 Å². The van der Waals surface area contributed by atoms with Crippen molar-refractivity contribution in [2.45, 2.75) is 76.4 Å². The molecule has 2 fully saturated rings. The zero-order valence-electron chi connectivity index (χ0n) is 13.2. The number of hydrogen-bond donors (Lipinski definition) is 0. The van der Waals surface area contributed by atoms with Crippen LogP contribution in [0.4, 0.5) is 0 Å². The van der Waals surface area contributed by atoms with E-state index < -0.39 is 8.32 Å². The van der Waals surface area contributed by atoms with Crippen LogP contribution in [0.15, 0.2) is 0 Å². The van der Waals surface area contributed by atoms with E-state index in [2.05, 4.69) is 51.9 Å². The lowest BCUT2D eigenvalue weighted by molar-refractivity contribution is 0.0963. The van der Waals surface area contributed by atoms with Crippen LogP contribution >= 0.6 is 0 Å². The van der Waals surface area contributed by atoms with E-state index >= 15 is 0 Å². The molecular formula is C15H28N2OSi. The Hall–Kier alpha value is -0.373. The number of nitriles is 1. The number of rotatable bonds is 2. The molecular weight excluding hydrogens is 252 g/mol. The van der Waals surface area contributed by atoms with Crippen molar-refractivity contribution in [3.63, 3.8) is 0 Å². The lowest BCUT2D eigenvalue weighted by Gasteiger charge is -2.41. The fourth-order valence-corrected chi connectivity index (χ4v) is 4.57. The fourth-order valence-electron chi connectivity index (χ4n) is 3.21. The first-order valence-electron chi connectivity index (χ1n) is 7.45. The zero-order valence-corrected chi connectivity index (χ0v) is 14.2. The summed E-state index contributed by atoms with van der Waals surface area (Å²) < 4.78 is 6.63. The first-order chi connectivity index (χ1) is 8.65. The monoisotopic (exact) mass is 280 g/mol. The Morgan fingerprint density at radius 3 is 2.37 bits per heavy atom. The molecule has 0 radical (unpaired) electrons. The molecule has 0 amide bonds. The van der Waals surface area contributed by atoms with E-state index in [1.165, 1.54) is 0 Å². The highest BCUT2D eigenvalue weighted by Crippen LogP contribution is 2.43. The quantitative estimate of drug-likeness (QED) is 0.728. The Kier molecular flexibility index (Phi) is 3.85. The highest BCUT2D eigenvalue weighted by molar-refractivity contribution is 6.74. The fraction of sp³-hybridized carbons (Fsp3) is 0.933. The third kappa shape index (κ3) is 2.74. The van der Waals surface area contributed by atoms with Gasteiger partial charge in [0.1, 0.15) is 0 Å². The van der Waals surface area contributed by atoms with Crippen molar-refractivity contribution >= 4 is 8.32 Å². The molecule has 108 valence electrons. The molecule has 2 rings (SSSR count). The molecule has 0 aliphatic carbocycles. The van der Waals surface area contributed by atoms with Crippen LogP contribution in [0.5, 0.6) is 0 Å². The second-order valence-corrected chi connectivity index (χ2v) is 12.6. The summed E-state index contributed by atoms with van der Waals surface area (Å²) >= 11 is 0. The first-order valence-corrected chi connectivity index (χ1v) is 10.4. The average molecular weight is 280 g/mol. The summed E-state index contributed by atoms with van der Waals surface area (Å²) in [5.74, 6) is 0.235. The Balaban J connectivity index is 2.10. The van der Waals surface area contributed by atoms with Crippen LogP contribution in [0.1, 0.15) is 40.0 Å². The third-order valence-electron chi connectivity index (χ3n) is 5.55. The molecule has 2 aliphatic heterocycles. The Bertz CT molecular complexity index is 383. The van der Waals surface area contributed by atoms with Gasteiger partial charge in [0.05, 0.1) is 12.2 Å². The van der Waals surface area contributed by atoms with Crippen LogP contribution in [0.3, 0.4) is 0 Å². The van der Waals surface area contributed by atoms with Gasteiger partial charge in [0.25, 0.3) is 0 Å². The van der Waals surface area contributed by atoms with Crippen molar-refractivity contribution in [2.75, 3.05) is 7.05 Å². The van der Waals surface area contributed by atoms with Crippen LogP contribution in [-0.4, -0.2) is 38.5 Å². The lowest BCUT2D eigenvalue weighted by Crippen LogP contribution is -2.48. The minimum Gasteiger partial charge on any atom is -0.412 e. The maximum Gasteiger partial charge on any atom is 0.192 e. The van der Waals surface area contributed by atoms with Gasteiger partial charge in [-0.25, -0.2) is 0 Å². The molecule has 2 bridgehead atoms. The molecule has 19 heavy (non-hydrogen) atoms. The van der Waals surface area contributed by atoms with E-state index in [9.17, 15) is 5.26 Å². The number of likely N-dealkylation sites (N-methyl/N-ethyl adjacent to an activating group) is 1. The van der Waals surface area contributed by atoms with Gasteiger partial charge in [-0.1, -0.05) is 20.8 Å². The largest absolute Gasteiger partial charge is 0.412 e. The highest BCUT2D eigenvalue weighted by atomic mass is 28.4. The summed E-state index contributed by atoms with van der Waals surface area (Å²) in [5, 5.41) is 9.45. The lowest BCUT2D eigenvalue weighted by atomic mass is 9.92. The van der Waals surface area contributed by atoms with Gasteiger partial charge in [-0.15, -0.1) is 0 Å². The number of piperidine rings is 1. The van der Waals surface area contributed by atoms with Crippen molar-refractivity contribution in [1.29, 1.82) is 5.26 Å². The molecule has 0 saturated carbocycles. The van der Waals surface area contributed by atoms with Gasteiger partial charge in [-0.3, -0.25) is 4.90 Å². The molecule has 0 aromatic carbocycles. The van der Waals surface area contributed by atoms with Crippen LogP contribution in [0.2, 0.25) is 18.1 Å². The predicted octanol–water partition coefficient (Wildman–Crippen LogP) is 3.38. The maximum atomic E-state index is 9.19. The summed E-state index contributed by atoms with van der Waals surface area (Å²) in [5.41, 5.74) is 0. The predicted molar refractivity (Wildman–Crippen MR) is 80.4 cm³/mol. The molecule has 0 N–H and O–H groups in total. The van der Waals surface area contributed by atoms with Crippen molar-refractivity contribution in [3.05, 3.63) is 0 Å². The second-order valence-electron chi connectivity index (χ2n) is 7.84. The van der Waals surface area contributed by atoms with Crippen molar-refractivity contribution in [1.82, 2.24) is 4.90 Å². The second kappa shape index (κ2) is 4.87. The van der Waals surface area contributed by atoms with Gasteiger partial charge >= 0.3 is 0 Å². The maximum absolute atomic E-state index is 9.19. The van der Waals surface area contributed by atoms with Crippen LogP contribution in [0.25, 0.3) is 0 Å². The average Bonchev–Trinajstić information content (AvgIpc) is 2.48. The van der Waals surface area contributed by atoms with E-state index in [1.807, 2.05) is 0 Å². The number of fused-ring (bicyclic) bond motifs is 2. The number of nitrogens with zero attached hydrogens (tertiary/aromatic N) is 2. The summed E-state index contributed by atoms with van der Waals surface area (Å²) in [4.78, 5) is 2.46. The minimum absolute atomic E-state index is 0.235. The van der Waals surface area contributed by atoms with Gasteiger partial charge < -0.3 is 4.43 Å². The SMILES string of the molecule is CN1C2CC(C#N)CC1C(O[Si](C)(C)C(C)(C)C)C2. The molecule has 0 spiro atoms. The molecule has 0 aromatic heterocycles. The molecule has 3 nitrogen and oxygen atoms in total. The van der Waals surface area contributed by atoms with Crippen LogP contribution < -0.4 is 0 Å². The van der Waals surface area contributed by atoms with Crippen LogP contribution in [0, 0.1) is 17.2 Å². The standard InChI is InChI=1S/C15H28N2OSi/c1-15(2,3)19(5,6)18-14-9-12-7-11(10-16)8-13(14)17(12)4/h11-14H,7-9H2,1-6H3. The Morgan fingerprint density at radius 2 is 1.84 bits per heavy atom. The smallest absolute Gasteiger partial charge is 0.192 e. The molecule has 0 aromatic rings. The Labute approximate surface area is 119 Å². The summed E-state index contributed by atoms with van der Waals surface area (Å²) in [6.07, 6.45) is 3.48. The molecule has 4 unspecified atom stereocenters. The number of hydrogen-bond acceptors (Lipinski definition) is 3. The van der Waals surface area contributed by atoms with Crippen LogP contribution in [-0.2, 0) is 4.43 Å². The Morgan fingerprint density at radius 1 is 1.21 bits per heavy atom. The van der Waals surface area contributed by atoms with E-state index in [1.54, 1.807) is 0 Å². The molecule has 2 saturated heterocycles. The van der Waals surface area contributed by atoms with E-state index in [0.717, 1.165) is 19.3 Å². The van der Waals surface area contributed by atoms with E-state index in [0.29, 0.717) is 18.2 Å². The van der Waals surface area contributed by atoms with E-state index in [-0.39, 0.29) is 11.0 Å². The summed E-state index contributed by atoms with van der Waals surface area (Å²) in [6, 6.07) is 3.48. The van der Waals surface area contributed by atoms with Crippen molar-refractivity contribution < 1.29 is 4.43 Å². The molecule has 2 aliphatic rings. The van der Waals surface area contributed by atoms with Gasteiger partial charge in [0, 0.05) is 18.0 Å². The molecule has 4 atom stereocenters. The molecule has 4 heteroatoms. The highest BCUT2D eigenvalue weighted by Gasteiger charge is 2.49.